The van der Waals surface area contributed by atoms with E-state index in [2.05, 4.69) is 10.6 Å². The van der Waals surface area contributed by atoms with Crippen molar-refractivity contribution in [1.29, 1.82) is 0 Å². The Balaban J connectivity index is 1.70. The fourth-order valence-corrected chi connectivity index (χ4v) is 4.49. The summed E-state index contributed by atoms with van der Waals surface area (Å²) in [4.78, 5) is 52.7. The first-order chi connectivity index (χ1) is 18.9. The number of rotatable bonds is 10. The van der Waals surface area contributed by atoms with Crippen LogP contribution >= 0.6 is 0 Å². The molecule has 1 heterocycles. The van der Waals surface area contributed by atoms with Crippen LogP contribution in [0.15, 0.2) is 54.6 Å². The molecule has 40 heavy (non-hydrogen) atoms. The molecular formula is C30H40N4O6. The van der Waals surface area contributed by atoms with Gasteiger partial charge in [-0.3, -0.25) is 19.7 Å². The van der Waals surface area contributed by atoms with E-state index in [0.717, 1.165) is 17.5 Å². The number of hydrogen-bond acceptors (Lipinski definition) is 6. The summed E-state index contributed by atoms with van der Waals surface area (Å²) >= 11 is 0. The highest BCUT2D eigenvalue weighted by molar-refractivity contribution is 6.02. The second kappa shape index (κ2) is 13.4. The van der Waals surface area contributed by atoms with Crippen LogP contribution in [-0.4, -0.2) is 60.1 Å². The number of benzene rings is 2. The molecule has 0 spiro atoms. The molecule has 3 rings (SSSR count). The molecule has 1 saturated heterocycles. The van der Waals surface area contributed by atoms with Gasteiger partial charge in [0.1, 0.15) is 6.61 Å². The lowest BCUT2D eigenvalue weighted by Crippen LogP contribution is -2.56. The SMILES string of the molecule is CCc1ccc(NC(=O)OCC2(C(=O)NCc3ccccc3)CCN(C(=O)C(OC(C)(C)C)C(N)=O)CC2)cc1. The average molecular weight is 553 g/mol. The van der Waals surface area contributed by atoms with Gasteiger partial charge in [-0.2, -0.15) is 0 Å². The number of nitrogens with two attached hydrogens (primary N) is 1. The van der Waals surface area contributed by atoms with E-state index in [0.29, 0.717) is 12.2 Å². The summed E-state index contributed by atoms with van der Waals surface area (Å²) in [7, 11) is 0. The van der Waals surface area contributed by atoms with Gasteiger partial charge < -0.3 is 25.4 Å². The Hall–Kier alpha value is -3.92. The maximum Gasteiger partial charge on any atom is 0.411 e. The van der Waals surface area contributed by atoms with Crippen molar-refractivity contribution in [2.75, 3.05) is 25.0 Å². The topological polar surface area (TPSA) is 140 Å². The van der Waals surface area contributed by atoms with Gasteiger partial charge in [-0.05, 0) is 63.3 Å². The zero-order valence-corrected chi connectivity index (χ0v) is 23.7. The minimum Gasteiger partial charge on any atom is -0.448 e. The van der Waals surface area contributed by atoms with E-state index in [4.69, 9.17) is 15.2 Å². The van der Waals surface area contributed by atoms with Crippen molar-refractivity contribution in [3.8, 4) is 0 Å². The van der Waals surface area contributed by atoms with Gasteiger partial charge in [-0.1, -0.05) is 49.4 Å². The standard InChI is InChI=1S/C30H40N4O6/c1-5-21-11-13-23(14-12-21)33-28(38)39-20-30(27(37)32-19-22-9-7-6-8-10-22)15-17-34(18-16-30)26(36)24(25(31)35)40-29(2,3)4/h6-14,24H,5,15-20H2,1-4H3,(H2,31,35)(H,32,37)(H,33,38). The van der Waals surface area contributed by atoms with Crippen LogP contribution < -0.4 is 16.4 Å². The number of nitrogens with one attached hydrogen (secondary N) is 2. The predicted octanol–water partition coefficient (Wildman–Crippen LogP) is 3.39. The summed E-state index contributed by atoms with van der Waals surface area (Å²) in [5.74, 6) is -1.69. The van der Waals surface area contributed by atoms with Crippen molar-refractivity contribution in [1.82, 2.24) is 10.2 Å². The minimum absolute atomic E-state index is 0.165. The molecule has 1 unspecified atom stereocenters. The number of ether oxygens (including phenoxy) is 2. The minimum atomic E-state index is -1.43. The van der Waals surface area contributed by atoms with Crippen molar-refractivity contribution in [3.63, 3.8) is 0 Å². The summed E-state index contributed by atoms with van der Waals surface area (Å²) in [6.07, 6.45) is -0.781. The fraction of sp³-hybridized carbons (Fsp3) is 0.467. The van der Waals surface area contributed by atoms with E-state index < -0.39 is 35.0 Å². The summed E-state index contributed by atoms with van der Waals surface area (Å²) in [5.41, 5.74) is 6.29. The smallest absolute Gasteiger partial charge is 0.411 e. The zero-order valence-electron chi connectivity index (χ0n) is 23.7. The molecule has 0 aliphatic carbocycles. The number of amides is 4. The maximum atomic E-state index is 13.5. The molecule has 2 aromatic carbocycles. The molecule has 0 radical (unpaired) electrons. The lowest BCUT2D eigenvalue weighted by atomic mass is 9.78. The molecule has 216 valence electrons. The van der Waals surface area contributed by atoms with Crippen LogP contribution in [0.2, 0.25) is 0 Å². The van der Waals surface area contributed by atoms with E-state index in [9.17, 15) is 19.2 Å². The van der Waals surface area contributed by atoms with Crippen molar-refractivity contribution in [2.45, 2.75) is 65.2 Å². The van der Waals surface area contributed by atoms with E-state index in [1.54, 1.807) is 32.9 Å². The molecule has 1 aliphatic rings. The Morgan fingerprint density at radius 3 is 2.15 bits per heavy atom. The molecule has 1 aliphatic heterocycles. The monoisotopic (exact) mass is 552 g/mol. The Morgan fingerprint density at radius 2 is 1.60 bits per heavy atom. The Kier molecular flexibility index (Phi) is 10.3. The van der Waals surface area contributed by atoms with E-state index in [1.165, 1.54) is 4.90 Å². The number of primary amides is 1. The highest BCUT2D eigenvalue weighted by Gasteiger charge is 2.45. The predicted molar refractivity (Wildman–Crippen MR) is 151 cm³/mol. The summed E-state index contributed by atoms with van der Waals surface area (Å²) < 4.78 is 11.2. The third-order valence-electron chi connectivity index (χ3n) is 6.85. The van der Waals surface area contributed by atoms with Crippen LogP contribution in [0, 0.1) is 5.41 Å². The van der Waals surface area contributed by atoms with Gasteiger partial charge in [-0.25, -0.2) is 4.79 Å². The van der Waals surface area contributed by atoms with E-state index in [-0.39, 0.29) is 38.4 Å². The normalized spacial score (nSPS) is 15.6. The van der Waals surface area contributed by atoms with Gasteiger partial charge in [0.2, 0.25) is 12.0 Å². The third-order valence-corrected chi connectivity index (χ3v) is 6.85. The average Bonchev–Trinajstić information content (AvgIpc) is 2.94. The second-order valence-electron chi connectivity index (χ2n) is 11.0. The molecule has 10 heteroatoms. The molecule has 1 fully saturated rings. The number of likely N-dealkylation sites (tertiary alicyclic amines) is 1. The van der Waals surface area contributed by atoms with Gasteiger partial charge in [0, 0.05) is 25.3 Å². The van der Waals surface area contributed by atoms with Crippen molar-refractivity contribution in [2.24, 2.45) is 11.1 Å². The summed E-state index contributed by atoms with van der Waals surface area (Å²) in [5, 5.41) is 5.66. The van der Waals surface area contributed by atoms with E-state index in [1.807, 2.05) is 49.4 Å². The van der Waals surface area contributed by atoms with Crippen LogP contribution in [0.25, 0.3) is 0 Å². The molecule has 0 aromatic heterocycles. The first-order valence-electron chi connectivity index (χ1n) is 13.5. The van der Waals surface area contributed by atoms with E-state index >= 15 is 0 Å². The largest absolute Gasteiger partial charge is 0.448 e. The molecule has 4 N–H and O–H groups in total. The maximum absolute atomic E-state index is 13.5. The van der Waals surface area contributed by atoms with Crippen LogP contribution in [0.5, 0.6) is 0 Å². The first kappa shape index (κ1) is 30.6. The lowest BCUT2D eigenvalue weighted by Gasteiger charge is -2.41. The highest BCUT2D eigenvalue weighted by atomic mass is 16.5. The number of nitrogens with zero attached hydrogens (tertiary/aromatic N) is 1. The number of piperidine rings is 1. The summed E-state index contributed by atoms with van der Waals surface area (Å²) in [6, 6.07) is 16.9. The molecular weight excluding hydrogens is 512 g/mol. The molecule has 4 amide bonds. The molecule has 2 aromatic rings. The Bertz CT molecular complexity index is 1170. The van der Waals surface area contributed by atoms with Crippen LogP contribution in [0.4, 0.5) is 10.5 Å². The quantitative estimate of drug-likeness (QED) is 0.386. The van der Waals surface area contributed by atoms with Crippen molar-refractivity contribution in [3.05, 3.63) is 65.7 Å². The molecule has 1 atom stereocenters. The molecule has 0 bridgehead atoms. The van der Waals surface area contributed by atoms with Gasteiger partial charge in [-0.15, -0.1) is 0 Å². The second-order valence-corrected chi connectivity index (χ2v) is 11.0. The highest BCUT2D eigenvalue weighted by Crippen LogP contribution is 2.33. The van der Waals surface area contributed by atoms with Crippen molar-refractivity contribution < 1.29 is 28.7 Å². The number of anilines is 1. The number of aryl methyl sites for hydroxylation is 1. The number of hydrogen-bond donors (Lipinski definition) is 3. The van der Waals surface area contributed by atoms with Gasteiger partial charge in [0.25, 0.3) is 11.8 Å². The molecule has 10 nitrogen and oxygen atoms in total. The van der Waals surface area contributed by atoms with Gasteiger partial charge in [0.15, 0.2) is 0 Å². The fourth-order valence-electron chi connectivity index (χ4n) is 4.49. The number of carbonyl (C=O) groups is 4. The Labute approximate surface area is 235 Å². The molecule has 0 saturated carbocycles. The first-order valence-corrected chi connectivity index (χ1v) is 13.5. The summed E-state index contributed by atoms with van der Waals surface area (Å²) in [6.45, 7) is 7.70. The number of carbonyl (C=O) groups excluding carboxylic acids is 4. The lowest BCUT2D eigenvalue weighted by molar-refractivity contribution is -0.163. The zero-order chi connectivity index (χ0) is 29.3. The van der Waals surface area contributed by atoms with Crippen molar-refractivity contribution >= 4 is 29.5 Å². The van der Waals surface area contributed by atoms with Gasteiger partial charge in [0.05, 0.1) is 11.0 Å². The Morgan fingerprint density at radius 1 is 0.975 bits per heavy atom. The van der Waals surface area contributed by atoms with Crippen LogP contribution in [0.3, 0.4) is 0 Å². The third kappa shape index (κ3) is 8.54. The van der Waals surface area contributed by atoms with Crippen LogP contribution in [0.1, 0.15) is 51.7 Å². The van der Waals surface area contributed by atoms with Gasteiger partial charge >= 0.3 is 6.09 Å². The van der Waals surface area contributed by atoms with Crippen LogP contribution in [-0.2, 0) is 36.8 Å².